The number of fused-ring (bicyclic) bond motifs is 1. The summed E-state index contributed by atoms with van der Waals surface area (Å²) >= 11 is 0. The molecule has 3 aromatic carbocycles. The second kappa shape index (κ2) is 8.60. The number of ether oxygens (including phenoxy) is 1. The van der Waals surface area contributed by atoms with Crippen LogP contribution in [-0.4, -0.2) is 23.0 Å². The molecule has 4 aromatic rings. The van der Waals surface area contributed by atoms with Gasteiger partial charge in [0.05, 0.1) is 0 Å². The monoisotopic (exact) mass is 394 g/mol. The van der Waals surface area contributed by atoms with Crippen LogP contribution >= 0.6 is 0 Å². The fourth-order valence-electron chi connectivity index (χ4n) is 4.14. The minimum absolute atomic E-state index is 0.587. The van der Waals surface area contributed by atoms with E-state index in [1.165, 1.54) is 27.6 Å². The molecule has 1 aliphatic rings. The molecule has 0 amide bonds. The van der Waals surface area contributed by atoms with E-state index in [1.54, 1.807) is 0 Å². The zero-order chi connectivity index (χ0) is 20.2. The first kappa shape index (κ1) is 18.7. The maximum absolute atomic E-state index is 6.05. The number of benzene rings is 3. The summed E-state index contributed by atoms with van der Waals surface area (Å²) < 4.78 is 6.05. The number of aromatic nitrogens is 1. The van der Waals surface area contributed by atoms with Crippen LogP contribution in [0.3, 0.4) is 0 Å². The Morgan fingerprint density at radius 3 is 2.37 bits per heavy atom. The molecule has 3 nitrogen and oxygen atoms in total. The average molecular weight is 395 g/mol. The summed E-state index contributed by atoms with van der Waals surface area (Å²) in [5, 5.41) is 1.24. The van der Waals surface area contributed by atoms with Crippen molar-refractivity contribution in [3.8, 4) is 5.75 Å². The van der Waals surface area contributed by atoms with E-state index in [0.717, 1.165) is 37.3 Å². The van der Waals surface area contributed by atoms with Gasteiger partial charge in [0.25, 0.3) is 0 Å². The van der Waals surface area contributed by atoms with Crippen LogP contribution in [0.4, 0.5) is 0 Å². The highest BCUT2D eigenvalue weighted by atomic mass is 16.5. The number of nitrogens with zero attached hydrogens (tertiary/aromatic N) is 1. The average Bonchev–Trinajstić information content (AvgIpc) is 3.23. The Hall–Kier alpha value is -3.30. The summed E-state index contributed by atoms with van der Waals surface area (Å²) in [6.07, 6.45) is 5.59. The van der Waals surface area contributed by atoms with Crippen LogP contribution in [-0.2, 0) is 13.2 Å². The van der Waals surface area contributed by atoms with Crippen molar-refractivity contribution in [1.29, 1.82) is 0 Å². The van der Waals surface area contributed by atoms with Crippen LogP contribution in [0.5, 0.6) is 5.75 Å². The van der Waals surface area contributed by atoms with Crippen molar-refractivity contribution < 1.29 is 4.74 Å². The third-order valence-electron chi connectivity index (χ3n) is 5.79. The van der Waals surface area contributed by atoms with Crippen molar-refractivity contribution in [1.82, 2.24) is 9.88 Å². The Bertz CT molecular complexity index is 1150. The van der Waals surface area contributed by atoms with E-state index in [4.69, 9.17) is 4.74 Å². The zero-order valence-electron chi connectivity index (χ0n) is 17.1. The quantitative estimate of drug-likeness (QED) is 0.432. The van der Waals surface area contributed by atoms with Crippen LogP contribution in [0, 0.1) is 0 Å². The van der Waals surface area contributed by atoms with Gasteiger partial charge in [-0.3, -0.25) is 4.90 Å². The molecule has 0 aliphatic carbocycles. The minimum atomic E-state index is 0.587. The molecule has 0 spiro atoms. The summed E-state index contributed by atoms with van der Waals surface area (Å²) in [4.78, 5) is 5.93. The summed E-state index contributed by atoms with van der Waals surface area (Å²) in [7, 11) is 0. The maximum atomic E-state index is 6.05. The van der Waals surface area contributed by atoms with Gasteiger partial charge in [-0.1, -0.05) is 66.7 Å². The highest BCUT2D eigenvalue weighted by Crippen LogP contribution is 2.32. The first-order valence-corrected chi connectivity index (χ1v) is 10.6. The molecule has 150 valence electrons. The molecular formula is C27H26N2O. The smallest absolute Gasteiger partial charge is 0.120 e. The lowest BCUT2D eigenvalue weighted by Crippen LogP contribution is -2.27. The molecule has 1 aliphatic heterocycles. The van der Waals surface area contributed by atoms with Crippen molar-refractivity contribution in [2.24, 2.45) is 0 Å². The maximum Gasteiger partial charge on any atom is 0.120 e. The third kappa shape index (κ3) is 4.17. The molecule has 2 heterocycles. The third-order valence-corrected chi connectivity index (χ3v) is 5.79. The van der Waals surface area contributed by atoms with Crippen LogP contribution in [0.2, 0.25) is 0 Å². The predicted molar refractivity (Wildman–Crippen MR) is 123 cm³/mol. The SMILES string of the molecule is C1=C(c2c[nH]c3ccc(OCc4ccccc4)cc23)CCN(Cc2ccccc2)C1. The molecule has 30 heavy (non-hydrogen) atoms. The topological polar surface area (TPSA) is 28.3 Å². The Kier molecular flexibility index (Phi) is 5.36. The van der Waals surface area contributed by atoms with Gasteiger partial charge in [-0.2, -0.15) is 0 Å². The molecule has 0 saturated carbocycles. The first-order valence-electron chi connectivity index (χ1n) is 10.6. The number of aromatic amines is 1. The van der Waals surface area contributed by atoms with Crippen LogP contribution in [0.1, 0.15) is 23.1 Å². The molecule has 0 fully saturated rings. The van der Waals surface area contributed by atoms with E-state index >= 15 is 0 Å². The van der Waals surface area contributed by atoms with Crippen molar-refractivity contribution in [3.05, 3.63) is 108 Å². The molecule has 0 unspecified atom stereocenters. The van der Waals surface area contributed by atoms with Gasteiger partial charge in [-0.15, -0.1) is 0 Å². The zero-order valence-corrected chi connectivity index (χ0v) is 17.1. The van der Waals surface area contributed by atoms with Crippen molar-refractivity contribution in [3.63, 3.8) is 0 Å². The number of hydrogen-bond donors (Lipinski definition) is 1. The van der Waals surface area contributed by atoms with Gasteiger partial charge in [0.15, 0.2) is 0 Å². The molecule has 1 aromatic heterocycles. The molecule has 1 N–H and O–H groups in total. The van der Waals surface area contributed by atoms with Gasteiger partial charge in [0, 0.05) is 42.3 Å². The number of hydrogen-bond acceptors (Lipinski definition) is 2. The summed E-state index contributed by atoms with van der Waals surface area (Å²) in [5.41, 5.74) is 6.44. The molecule has 0 radical (unpaired) electrons. The van der Waals surface area contributed by atoms with Gasteiger partial charge >= 0.3 is 0 Å². The van der Waals surface area contributed by atoms with Crippen LogP contribution < -0.4 is 4.74 Å². The second-order valence-electron chi connectivity index (χ2n) is 7.88. The van der Waals surface area contributed by atoms with E-state index in [0.29, 0.717) is 6.61 Å². The predicted octanol–water partition coefficient (Wildman–Crippen LogP) is 6.04. The standard InChI is InChI=1S/C27H26N2O/c1-3-7-21(8-4-1)19-29-15-13-23(14-16-29)26-18-28-27-12-11-24(17-25(26)27)30-20-22-9-5-2-6-10-22/h1-13,17-18,28H,14-16,19-20H2. The lowest BCUT2D eigenvalue weighted by Gasteiger charge is -2.26. The first-order chi connectivity index (χ1) is 14.8. The summed E-state index contributed by atoms with van der Waals surface area (Å²) in [6.45, 7) is 3.66. The minimum Gasteiger partial charge on any atom is -0.489 e. The Morgan fingerprint density at radius 2 is 1.63 bits per heavy atom. The van der Waals surface area contributed by atoms with Gasteiger partial charge in [-0.25, -0.2) is 0 Å². The van der Waals surface area contributed by atoms with Gasteiger partial charge < -0.3 is 9.72 Å². The fourth-order valence-corrected chi connectivity index (χ4v) is 4.14. The molecule has 0 saturated heterocycles. The molecule has 0 atom stereocenters. The summed E-state index contributed by atoms with van der Waals surface area (Å²) in [6, 6.07) is 27.3. The molecular weight excluding hydrogens is 368 g/mol. The van der Waals surface area contributed by atoms with Crippen LogP contribution in [0.15, 0.2) is 91.1 Å². The Labute approximate surface area is 177 Å². The highest BCUT2D eigenvalue weighted by molar-refractivity contribution is 5.93. The van der Waals surface area contributed by atoms with Gasteiger partial charge in [-0.05, 0) is 41.3 Å². The highest BCUT2D eigenvalue weighted by Gasteiger charge is 2.16. The van der Waals surface area contributed by atoms with Crippen molar-refractivity contribution in [2.45, 2.75) is 19.6 Å². The van der Waals surface area contributed by atoms with E-state index in [9.17, 15) is 0 Å². The number of nitrogens with one attached hydrogen (secondary N) is 1. The lowest BCUT2D eigenvalue weighted by atomic mass is 9.98. The lowest BCUT2D eigenvalue weighted by molar-refractivity contribution is 0.294. The summed E-state index contributed by atoms with van der Waals surface area (Å²) in [5.74, 6) is 0.911. The molecule has 3 heteroatoms. The Morgan fingerprint density at radius 1 is 0.867 bits per heavy atom. The van der Waals surface area contributed by atoms with Gasteiger partial charge in [0.1, 0.15) is 12.4 Å². The van der Waals surface area contributed by atoms with Crippen LogP contribution in [0.25, 0.3) is 16.5 Å². The van der Waals surface area contributed by atoms with Crippen molar-refractivity contribution >= 4 is 16.5 Å². The molecule has 0 bridgehead atoms. The largest absolute Gasteiger partial charge is 0.489 e. The van der Waals surface area contributed by atoms with Crippen molar-refractivity contribution in [2.75, 3.05) is 13.1 Å². The fraction of sp³-hybridized carbons (Fsp3) is 0.185. The second-order valence-corrected chi connectivity index (χ2v) is 7.88. The number of rotatable bonds is 6. The van der Waals surface area contributed by atoms with E-state index in [-0.39, 0.29) is 0 Å². The Balaban J connectivity index is 1.30. The van der Waals surface area contributed by atoms with E-state index in [2.05, 4.69) is 76.8 Å². The van der Waals surface area contributed by atoms with Gasteiger partial charge in [0.2, 0.25) is 0 Å². The van der Waals surface area contributed by atoms with E-state index < -0.39 is 0 Å². The van der Waals surface area contributed by atoms with E-state index in [1.807, 2.05) is 24.3 Å². The normalized spacial score (nSPS) is 14.6. The molecule has 5 rings (SSSR count). The number of H-pyrrole nitrogens is 1.